The van der Waals surface area contributed by atoms with Crippen molar-refractivity contribution in [3.8, 4) is 23.0 Å². The molecule has 4 rings (SSSR count). The lowest BCUT2D eigenvalue weighted by Gasteiger charge is -2.14. The number of benzene rings is 2. The van der Waals surface area contributed by atoms with Crippen molar-refractivity contribution in [1.29, 1.82) is 0 Å². The summed E-state index contributed by atoms with van der Waals surface area (Å²) in [5.41, 5.74) is 1.96. The van der Waals surface area contributed by atoms with Gasteiger partial charge in [-0.1, -0.05) is 37.4 Å². The van der Waals surface area contributed by atoms with Crippen LogP contribution < -0.4 is 18.9 Å². The summed E-state index contributed by atoms with van der Waals surface area (Å²) in [6, 6.07) is 11.4. The van der Waals surface area contributed by atoms with Crippen molar-refractivity contribution in [3.05, 3.63) is 60.7 Å². The molecule has 2 aromatic carbocycles. The average molecular weight is 633 g/mol. The van der Waals surface area contributed by atoms with Crippen LogP contribution in [0.25, 0.3) is 12.2 Å². The van der Waals surface area contributed by atoms with Crippen molar-refractivity contribution >= 4 is 12.2 Å². The van der Waals surface area contributed by atoms with E-state index in [2.05, 4.69) is 13.2 Å². The molecule has 0 atom stereocenters. The third-order valence-corrected chi connectivity index (χ3v) is 6.21. The monoisotopic (exact) mass is 632 g/mol. The van der Waals surface area contributed by atoms with E-state index in [1.807, 2.05) is 36.4 Å². The Kier molecular flexibility index (Phi) is 19.5. The molecular formula is C34H48O11. The summed E-state index contributed by atoms with van der Waals surface area (Å²) in [7, 11) is 0. The molecule has 250 valence electrons. The molecule has 0 saturated heterocycles. The quantitative estimate of drug-likeness (QED) is 0.473. The predicted molar refractivity (Wildman–Crippen MR) is 171 cm³/mol. The van der Waals surface area contributed by atoms with E-state index >= 15 is 0 Å². The van der Waals surface area contributed by atoms with Crippen LogP contribution >= 0.6 is 0 Å². The highest BCUT2D eigenvalue weighted by Crippen LogP contribution is 2.30. The molecule has 0 spiro atoms. The molecule has 0 radical (unpaired) electrons. The lowest BCUT2D eigenvalue weighted by Crippen LogP contribution is -2.16. The number of rotatable bonds is 2. The second-order valence-corrected chi connectivity index (χ2v) is 9.50. The maximum absolute atomic E-state index is 5.78. The van der Waals surface area contributed by atoms with Crippen molar-refractivity contribution < 1.29 is 52.1 Å². The van der Waals surface area contributed by atoms with E-state index in [-0.39, 0.29) is 0 Å². The molecule has 0 bridgehead atoms. The molecule has 2 heterocycles. The van der Waals surface area contributed by atoms with Crippen LogP contribution in [0.3, 0.4) is 0 Å². The van der Waals surface area contributed by atoms with Gasteiger partial charge < -0.3 is 52.1 Å². The summed E-state index contributed by atoms with van der Waals surface area (Å²) < 4.78 is 60.9. The highest BCUT2D eigenvalue weighted by molar-refractivity contribution is 5.55. The Hall–Kier alpha value is -3.16. The molecule has 2 aliphatic rings. The van der Waals surface area contributed by atoms with Gasteiger partial charge in [0, 0.05) is 0 Å². The molecule has 0 aromatic heterocycles. The third-order valence-electron chi connectivity index (χ3n) is 6.21. The Morgan fingerprint density at radius 2 is 0.578 bits per heavy atom. The number of ether oxygens (including phenoxy) is 11. The Labute approximate surface area is 266 Å². The van der Waals surface area contributed by atoms with E-state index in [1.54, 1.807) is 12.2 Å². The van der Waals surface area contributed by atoms with Gasteiger partial charge >= 0.3 is 0 Å². The minimum Gasteiger partial charge on any atom is -0.487 e. The van der Waals surface area contributed by atoms with Crippen molar-refractivity contribution in [2.45, 2.75) is 0 Å². The molecule has 0 saturated carbocycles. The zero-order valence-corrected chi connectivity index (χ0v) is 26.3. The summed E-state index contributed by atoms with van der Waals surface area (Å²) in [5.74, 6) is 2.76. The first-order chi connectivity index (χ1) is 22.3. The predicted octanol–water partition coefficient (Wildman–Crippen LogP) is 4.32. The van der Waals surface area contributed by atoms with Gasteiger partial charge in [-0.15, -0.1) is 0 Å². The van der Waals surface area contributed by atoms with Gasteiger partial charge in [0.15, 0.2) is 23.0 Å². The SMILES string of the molecule is C=Cc1ccc2c(c1)OCCOCCOCCOCCO2.C=Cc1ccc2c(c1)OCCOCCOCCOCCOCCO2. The molecule has 45 heavy (non-hydrogen) atoms. The Balaban J connectivity index is 0.000000248. The first-order valence-corrected chi connectivity index (χ1v) is 15.4. The molecule has 0 aliphatic carbocycles. The average Bonchev–Trinajstić information content (AvgIpc) is 3.08. The molecule has 0 fully saturated rings. The van der Waals surface area contributed by atoms with Gasteiger partial charge in [0.25, 0.3) is 0 Å². The normalized spacial score (nSPS) is 18.7. The molecular weight excluding hydrogens is 584 g/mol. The smallest absolute Gasteiger partial charge is 0.161 e. The van der Waals surface area contributed by atoms with Gasteiger partial charge in [0.1, 0.15) is 26.4 Å². The van der Waals surface area contributed by atoms with Crippen molar-refractivity contribution in [3.63, 3.8) is 0 Å². The first kappa shape index (κ1) is 36.3. The lowest BCUT2D eigenvalue weighted by atomic mass is 10.2. The minimum atomic E-state index is 0.441. The Morgan fingerprint density at radius 3 is 0.844 bits per heavy atom. The summed E-state index contributed by atoms with van der Waals surface area (Å²) >= 11 is 0. The van der Waals surface area contributed by atoms with Crippen LogP contribution in [0.5, 0.6) is 23.0 Å². The highest BCUT2D eigenvalue weighted by Gasteiger charge is 2.08. The maximum atomic E-state index is 5.78. The van der Waals surface area contributed by atoms with E-state index in [1.165, 1.54) is 0 Å². The van der Waals surface area contributed by atoms with Gasteiger partial charge in [-0.25, -0.2) is 0 Å². The van der Waals surface area contributed by atoms with E-state index in [0.29, 0.717) is 142 Å². The largest absolute Gasteiger partial charge is 0.487 e. The topological polar surface area (TPSA) is 102 Å². The molecule has 11 heteroatoms. The summed E-state index contributed by atoms with van der Waals surface area (Å²) in [4.78, 5) is 0. The van der Waals surface area contributed by atoms with Crippen LogP contribution in [0.4, 0.5) is 0 Å². The van der Waals surface area contributed by atoms with Crippen LogP contribution in [0.15, 0.2) is 49.6 Å². The van der Waals surface area contributed by atoms with Crippen LogP contribution in [-0.4, -0.2) is 119 Å². The van der Waals surface area contributed by atoms with Crippen molar-refractivity contribution in [2.24, 2.45) is 0 Å². The number of hydrogen-bond donors (Lipinski definition) is 0. The van der Waals surface area contributed by atoms with Gasteiger partial charge in [0.2, 0.25) is 0 Å². The molecule has 0 N–H and O–H groups in total. The van der Waals surface area contributed by atoms with Gasteiger partial charge in [-0.05, 0) is 35.4 Å². The van der Waals surface area contributed by atoms with Crippen molar-refractivity contribution in [2.75, 3.05) is 119 Å². The second kappa shape index (κ2) is 24.1. The number of hydrogen-bond acceptors (Lipinski definition) is 11. The fourth-order valence-corrected chi connectivity index (χ4v) is 3.91. The zero-order chi connectivity index (χ0) is 31.6. The molecule has 0 unspecified atom stereocenters. The molecule has 2 aromatic rings. The Bertz CT molecular complexity index is 1080. The van der Waals surface area contributed by atoms with Crippen LogP contribution in [0.1, 0.15) is 11.1 Å². The maximum Gasteiger partial charge on any atom is 0.161 e. The highest BCUT2D eigenvalue weighted by atomic mass is 16.6. The van der Waals surface area contributed by atoms with Crippen LogP contribution in [0.2, 0.25) is 0 Å². The lowest BCUT2D eigenvalue weighted by molar-refractivity contribution is -0.00841. The van der Waals surface area contributed by atoms with Crippen molar-refractivity contribution in [1.82, 2.24) is 0 Å². The number of fused-ring (bicyclic) bond motifs is 2. The minimum absolute atomic E-state index is 0.441. The summed E-state index contributed by atoms with van der Waals surface area (Å²) in [6.07, 6.45) is 3.54. The Morgan fingerprint density at radius 1 is 0.333 bits per heavy atom. The molecule has 2 aliphatic heterocycles. The summed E-state index contributed by atoms with van der Waals surface area (Å²) in [6.45, 7) is 16.9. The van der Waals surface area contributed by atoms with Gasteiger partial charge in [0.05, 0.1) is 92.5 Å². The molecule has 11 nitrogen and oxygen atoms in total. The van der Waals surface area contributed by atoms with Gasteiger partial charge in [-0.2, -0.15) is 0 Å². The van der Waals surface area contributed by atoms with E-state index in [4.69, 9.17) is 52.1 Å². The first-order valence-electron chi connectivity index (χ1n) is 15.4. The van der Waals surface area contributed by atoms with Gasteiger partial charge in [-0.3, -0.25) is 0 Å². The summed E-state index contributed by atoms with van der Waals surface area (Å²) in [5, 5.41) is 0. The van der Waals surface area contributed by atoms with Crippen LogP contribution in [0, 0.1) is 0 Å². The van der Waals surface area contributed by atoms with E-state index in [9.17, 15) is 0 Å². The fourth-order valence-electron chi connectivity index (χ4n) is 3.91. The standard InChI is InChI=1S/C18H26O6.C16H22O5/c1-2-16-3-4-17-18(15-16)24-14-12-22-10-8-20-6-5-19-7-9-21-11-13-23-17;1-2-14-3-4-15-16(13-14)21-12-10-19-8-6-17-5-7-18-9-11-20-15/h2-4,15H,1,5-14H2;2-4,13H,1,5-12H2. The van der Waals surface area contributed by atoms with Crippen LogP contribution in [-0.2, 0) is 33.2 Å². The fraction of sp³-hybridized carbons (Fsp3) is 0.529. The second-order valence-electron chi connectivity index (χ2n) is 9.50. The van der Waals surface area contributed by atoms with E-state index in [0.717, 1.165) is 11.1 Å². The third kappa shape index (κ3) is 16.1. The van der Waals surface area contributed by atoms with E-state index < -0.39 is 0 Å². The molecule has 0 amide bonds. The zero-order valence-electron chi connectivity index (χ0n) is 26.3.